The van der Waals surface area contributed by atoms with Gasteiger partial charge >= 0.3 is 6.09 Å². The van der Waals surface area contributed by atoms with E-state index in [4.69, 9.17) is 14.2 Å². The normalized spacial score (nSPS) is 15.6. The first kappa shape index (κ1) is 27.0. The Kier molecular flexibility index (Phi) is 8.20. The minimum absolute atomic E-state index is 0.0505. The summed E-state index contributed by atoms with van der Waals surface area (Å²) in [6.45, 7) is 9.01. The highest BCUT2D eigenvalue weighted by molar-refractivity contribution is 5.96. The second-order valence-corrected chi connectivity index (χ2v) is 10.7. The quantitative estimate of drug-likeness (QED) is 0.375. The van der Waals surface area contributed by atoms with E-state index in [-0.39, 0.29) is 17.9 Å². The molecule has 3 aromatic rings. The molecular weight excluding hydrogens is 482 g/mol. The third-order valence-corrected chi connectivity index (χ3v) is 6.00. The van der Waals surface area contributed by atoms with Gasteiger partial charge in [-0.25, -0.2) is 9.78 Å². The summed E-state index contributed by atoms with van der Waals surface area (Å²) in [6, 6.07) is 18.6. The summed E-state index contributed by atoms with van der Waals surface area (Å²) < 4.78 is 17.4. The Hall–Kier alpha value is -4.07. The van der Waals surface area contributed by atoms with E-state index < -0.39 is 17.7 Å². The van der Waals surface area contributed by atoms with Crippen LogP contribution < -0.4 is 20.1 Å². The van der Waals surface area contributed by atoms with Crippen molar-refractivity contribution >= 4 is 17.7 Å². The van der Waals surface area contributed by atoms with Crippen LogP contribution in [0.25, 0.3) is 0 Å². The first-order valence-corrected chi connectivity index (χ1v) is 12.9. The minimum Gasteiger partial charge on any atom is -0.485 e. The van der Waals surface area contributed by atoms with Crippen LogP contribution in [0.5, 0.6) is 17.4 Å². The number of pyridine rings is 1. The fraction of sp³-hybridized carbons (Fsp3) is 0.367. The van der Waals surface area contributed by atoms with Crippen molar-refractivity contribution in [2.24, 2.45) is 5.92 Å². The van der Waals surface area contributed by atoms with Crippen LogP contribution in [0.15, 0.2) is 66.9 Å². The number of nitrogens with zero attached hydrogens (tertiary/aromatic N) is 1. The average Bonchev–Trinajstić information content (AvgIpc) is 2.87. The Morgan fingerprint density at radius 3 is 2.47 bits per heavy atom. The van der Waals surface area contributed by atoms with Gasteiger partial charge in [0.2, 0.25) is 11.8 Å². The second-order valence-electron chi connectivity index (χ2n) is 10.7. The van der Waals surface area contributed by atoms with Gasteiger partial charge in [0.15, 0.2) is 0 Å². The summed E-state index contributed by atoms with van der Waals surface area (Å²) >= 11 is 0. The van der Waals surface area contributed by atoms with Crippen molar-refractivity contribution < 1.29 is 23.8 Å². The maximum absolute atomic E-state index is 12.8. The molecule has 1 unspecified atom stereocenters. The maximum Gasteiger partial charge on any atom is 0.408 e. The van der Waals surface area contributed by atoms with Gasteiger partial charge in [0.1, 0.15) is 29.2 Å². The molecule has 2 aromatic carbocycles. The van der Waals surface area contributed by atoms with Crippen LogP contribution in [0, 0.1) is 5.92 Å². The number of aryl methyl sites for hydroxylation is 1. The van der Waals surface area contributed by atoms with E-state index in [2.05, 4.69) is 27.8 Å². The van der Waals surface area contributed by atoms with Crippen LogP contribution >= 0.6 is 0 Å². The highest BCUT2D eigenvalue weighted by atomic mass is 16.6. The van der Waals surface area contributed by atoms with Crippen LogP contribution in [0.1, 0.15) is 58.3 Å². The van der Waals surface area contributed by atoms with Crippen molar-refractivity contribution in [1.29, 1.82) is 0 Å². The molecule has 0 bridgehead atoms. The van der Waals surface area contributed by atoms with E-state index in [0.29, 0.717) is 17.3 Å². The summed E-state index contributed by atoms with van der Waals surface area (Å²) in [4.78, 5) is 29.3. The lowest BCUT2D eigenvalue weighted by Gasteiger charge is -2.26. The molecule has 0 saturated carbocycles. The number of amides is 2. The lowest BCUT2D eigenvalue weighted by atomic mass is 9.97. The molecular formula is C30H35N3O5. The van der Waals surface area contributed by atoms with Gasteiger partial charge in [-0.1, -0.05) is 44.2 Å². The second kappa shape index (κ2) is 11.5. The van der Waals surface area contributed by atoms with Gasteiger partial charge in [0, 0.05) is 6.07 Å². The van der Waals surface area contributed by atoms with Gasteiger partial charge in [-0.2, -0.15) is 0 Å². The van der Waals surface area contributed by atoms with Gasteiger partial charge in [-0.3, -0.25) is 4.79 Å². The number of aromatic nitrogens is 1. The van der Waals surface area contributed by atoms with Crippen molar-refractivity contribution in [1.82, 2.24) is 10.3 Å². The maximum atomic E-state index is 12.8. The first-order valence-electron chi connectivity index (χ1n) is 12.9. The molecule has 0 fully saturated rings. The van der Waals surface area contributed by atoms with Crippen LogP contribution in [-0.4, -0.2) is 28.6 Å². The first-order chi connectivity index (χ1) is 18.1. The fourth-order valence-corrected chi connectivity index (χ4v) is 4.16. The Morgan fingerprint density at radius 1 is 1.05 bits per heavy atom. The molecule has 1 aromatic heterocycles. The van der Waals surface area contributed by atoms with Gasteiger partial charge < -0.3 is 24.8 Å². The highest BCUT2D eigenvalue weighted by Gasteiger charge is 2.27. The molecule has 0 aliphatic carbocycles. The zero-order chi connectivity index (χ0) is 27.3. The van der Waals surface area contributed by atoms with E-state index in [1.165, 1.54) is 11.8 Å². The Balaban J connectivity index is 1.35. The number of alkyl carbamates (subject to hydrolysis) is 1. The third kappa shape index (κ3) is 7.25. The molecule has 1 aliphatic heterocycles. The lowest BCUT2D eigenvalue weighted by molar-refractivity contribution is -0.119. The van der Waals surface area contributed by atoms with Crippen LogP contribution in [0.4, 0.5) is 10.5 Å². The third-order valence-electron chi connectivity index (χ3n) is 6.00. The van der Waals surface area contributed by atoms with E-state index in [1.807, 2.05) is 50.2 Å². The van der Waals surface area contributed by atoms with E-state index in [1.54, 1.807) is 32.9 Å². The number of rotatable bonds is 7. The molecule has 0 spiro atoms. The molecule has 1 aliphatic rings. The van der Waals surface area contributed by atoms with Gasteiger partial charge in [-0.15, -0.1) is 0 Å². The topological polar surface area (TPSA) is 98.8 Å². The summed E-state index contributed by atoms with van der Waals surface area (Å²) in [6.07, 6.45) is 2.71. The minimum atomic E-state index is -0.764. The summed E-state index contributed by atoms with van der Waals surface area (Å²) in [7, 11) is 0. The zero-order valence-electron chi connectivity index (χ0n) is 22.5. The average molecular weight is 518 g/mol. The standard InChI is InChI=1S/C30H35N3O5/c1-19(2)27(33-29(35)38-30(3,4)5)28(34)32-22-12-16-26(31-18-22)36-23-13-15-25-21(17-23)11-14-24(37-25)20-9-7-6-8-10-20/h6-10,12-13,15-19,24,27H,11,14H2,1-5H3,(H,32,34)(H,33,35)/t24-,27?/m0/s1. The van der Waals surface area contributed by atoms with E-state index in [0.717, 1.165) is 24.2 Å². The van der Waals surface area contributed by atoms with Gasteiger partial charge in [-0.05, 0) is 74.9 Å². The Morgan fingerprint density at radius 2 is 1.82 bits per heavy atom. The fourth-order valence-electron chi connectivity index (χ4n) is 4.16. The van der Waals surface area contributed by atoms with Crippen molar-refractivity contribution in [3.05, 3.63) is 78.0 Å². The molecule has 2 atom stereocenters. The van der Waals surface area contributed by atoms with Crippen LogP contribution in [-0.2, 0) is 16.0 Å². The van der Waals surface area contributed by atoms with Crippen molar-refractivity contribution in [3.8, 4) is 17.4 Å². The number of benzene rings is 2. The number of ether oxygens (including phenoxy) is 3. The van der Waals surface area contributed by atoms with E-state index in [9.17, 15) is 9.59 Å². The SMILES string of the molecule is CC(C)C(NC(=O)OC(C)(C)C)C(=O)Nc1ccc(Oc2ccc3c(c2)CC[C@@H](c2ccccc2)O3)nc1. The summed E-state index contributed by atoms with van der Waals surface area (Å²) in [5.41, 5.74) is 2.10. The monoisotopic (exact) mass is 517 g/mol. The lowest BCUT2D eigenvalue weighted by Crippen LogP contribution is -2.48. The smallest absolute Gasteiger partial charge is 0.408 e. The highest BCUT2D eigenvalue weighted by Crippen LogP contribution is 2.37. The zero-order valence-corrected chi connectivity index (χ0v) is 22.5. The molecule has 0 saturated heterocycles. The predicted octanol–water partition coefficient (Wildman–Crippen LogP) is 6.43. The van der Waals surface area contributed by atoms with Gasteiger partial charge in [0.05, 0.1) is 11.9 Å². The molecule has 2 amide bonds. The Bertz CT molecular complexity index is 1250. The van der Waals surface area contributed by atoms with Crippen molar-refractivity contribution in [2.75, 3.05) is 5.32 Å². The summed E-state index contributed by atoms with van der Waals surface area (Å²) in [5.74, 6) is 1.42. The number of hydrogen-bond acceptors (Lipinski definition) is 6. The van der Waals surface area contributed by atoms with Gasteiger partial charge in [0.25, 0.3) is 0 Å². The molecule has 4 rings (SSSR count). The number of carbonyl (C=O) groups excluding carboxylic acids is 2. The predicted molar refractivity (Wildman–Crippen MR) is 146 cm³/mol. The molecule has 2 N–H and O–H groups in total. The number of hydrogen-bond donors (Lipinski definition) is 2. The molecule has 200 valence electrons. The molecule has 8 heteroatoms. The van der Waals surface area contributed by atoms with Crippen LogP contribution in [0.2, 0.25) is 0 Å². The molecule has 2 heterocycles. The summed E-state index contributed by atoms with van der Waals surface area (Å²) in [5, 5.41) is 5.44. The van der Waals surface area contributed by atoms with E-state index >= 15 is 0 Å². The largest absolute Gasteiger partial charge is 0.485 e. The molecule has 38 heavy (non-hydrogen) atoms. The number of carbonyl (C=O) groups is 2. The molecule has 0 radical (unpaired) electrons. The van der Waals surface area contributed by atoms with Crippen LogP contribution in [0.3, 0.4) is 0 Å². The van der Waals surface area contributed by atoms with Crippen molar-refractivity contribution in [2.45, 2.75) is 65.2 Å². The molecule has 8 nitrogen and oxygen atoms in total. The number of nitrogens with one attached hydrogen (secondary N) is 2. The Labute approximate surface area is 223 Å². The number of anilines is 1. The van der Waals surface area contributed by atoms with Crippen molar-refractivity contribution in [3.63, 3.8) is 0 Å². The number of fused-ring (bicyclic) bond motifs is 1.